The van der Waals surface area contributed by atoms with Gasteiger partial charge < -0.3 is 10.6 Å². The SMILES string of the molecule is O=C(Nc1cnc(Br)cn1)[C@H]1CCCCN1. The number of hydrogen-bond donors (Lipinski definition) is 2. The Morgan fingerprint density at radius 2 is 2.31 bits per heavy atom. The molecule has 16 heavy (non-hydrogen) atoms. The van der Waals surface area contributed by atoms with Crippen LogP contribution < -0.4 is 10.6 Å². The molecule has 1 saturated heterocycles. The third-order valence-corrected chi connectivity index (χ3v) is 2.91. The molecule has 1 aliphatic rings. The highest BCUT2D eigenvalue weighted by Crippen LogP contribution is 2.10. The summed E-state index contributed by atoms with van der Waals surface area (Å²) in [7, 11) is 0. The van der Waals surface area contributed by atoms with E-state index in [0.717, 1.165) is 25.8 Å². The Balaban J connectivity index is 1.93. The van der Waals surface area contributed by atoms with E-state index >= 15 is 0 Å². The second kappa shape index (κ2) is 5.36. The number of carbonyl (C=O) groups is 1. The molecule has 0 aliphatic carbocycles. The Bertz CT molecular complexity index is 362. The maximum absolute atomic E-state index is 11.8. The molecule has 6 heteroatoms. The van der Waals surface area contributed by atoms with Crippen LogP contribution in [0.4, 0.5) is 5.82 Å². The number of nitrogens with one attached hydrogen (secondary N) is 2. The first kappa shape index (κ1) is 11.5. The summed E-state index contributed by atoms with van der Waals surface area (Å²) in [6, 6.07) is -0.0980. The van der Waals surface area contributed by atoms with Gasteiger partial charge in [-0.1, -0.05) is 6.42 Å². The maximum Gasteiger partial charge on any atom is 0.242 e. The molecule has 1 aromatic rings. The van der Waals surface area contributed by atoms with Gasteiger partial charge in [0.25, 0.3) is 0 Å². The lowest BCUT2D eigenvalue weighted by Crippen LogP contribution is -2.43. The molecule has 0 spiro atoms. The number of aromatic nitrogens is 2. The first-order valence-corrected chi connectivity index (χ1v) is 6.07. The van der Waals surface area contributed by atoms with Crippen LogP contribution in [0.2, 0.25) is 0 Å². The summed E-state index contributed by atoms with van der Waals surface area (Å²) in [5, 5.41) is 5.92. The molecular weight excluding hydrogens is 272 g/mol. The van der Waals surface area contributed by atoms with E-state index in [-0.39, 0.29) is 11.9 Å². The lowest BCUT2D eigenvalue weighted by molar-refractivity contribution is -0.118. The van der Waals surface area contributed by atoms with Gasteiger partial charge in [0.15, 0.2) is 5.82 Å². The highest BCUT2D eigenvalue weighted by atomic mass is 79.9. The zero-order valence-corrected chi connectivity index (χ0v) is 10.3. The molecule has 0 bridgehead atoms. The Morgan fingerprint density at radius 1 is 1.44 bits per heavy atom. The molecule has 2 heterocycles. The molecule has 0 radical (unpaired) electrons. The van der Waals surface area contributed by atoms with Crippen molar-refractivity contribution in [3.05, 3.63) is 17.0 Å². The number of carbonyl (C=O) groups excluding carboxylic acids is 1. The summed E-state index contributed by atoms with van der Waals surface area (Å²) in [5.74, 6) is 0.455. The van der Waals surface area contributed by atoms with E-state index in [1.54, 1.807) is 6.20 Å². The number of halogens is 1. The van der Waals surface area contributed by atoms with Gasteiger partial charge in [0.1, 0.15) is 4.60 Å². The van der Waals surface area contributed by atoms with Crippen LogP contribution in [-0.4, -0.2) is 28.5 Å². The molecular formula is C10H13BrN4O. The minimum Gasteiger partial charge on any atom is -0.308 e. The van der Waals surface area contributed by atoms with Gasteiger partial charge in [-0.05, 0) is 35.3 Å². The molecule has 1 amide bonds. The van der Waals surface area contributed by atoms with Crippen molar-refractivity contribution in [1.82, 2.24) is 15.3 Å². The van der Waals surface area contributed by atoms with Gasteiger partial charge in [-0.25, -0.2) is 9.97 Å². The third-order valence-electron chi connectivity index (χ3n) is 2.50. The van der Waals surface area contributed by atoms with Gasteiger partial charge in [0, 0.05) is 0 Å². The number of hydrogen-bond acceptors (Lipinski definition) is 4. The van der Waals surface area contributed by atoms with Crippen LogP contribution in [0.15, 0.2) is 17.0 Å². The van der Waals surface area contributed by atoms with Gasteiger partial charge in [0.05, 0.1) is 18.4 Å². The Morgan fingerprint density at radius 3 is 2.94 bits per heavy atom. The average Bonchev–Trinajstić information content (AvgIpc) is 2.33. The van der Waals surface area contributed by atoms with Crippen molar-refractivity contribution in [2.45, 2.75) is 25.3 Å². The predicted octanol–water partition coefficient (Wildman–Crippen LogP) is 1.32. The van der Waals surface area contributed by atoms with Crippen molar-refractivity contribution in [2.75, 3.05) is 11.9 Å². The standard InChI is InChI=1S/C10H13BrN4O/c11-8-5-14-9(6-13-8)15-10(16)7-3-1-2-4-12-7/h5-7,12H,1-4H2,(H,14,15,16)/t7-/m1/s1. The highest BCUT2D eigenvalue weighted by molar-refractivity contribution is 9.10. The van der Waals surface area contributed by atoms with Gasteiger partial charge in [-0.15, -0.1) is 0 Å². The number of piperidine rings is 1. The minimum absolute atomic E-state index is 0.0312. The smallest absolute Gasteiger partial charge is 0.242 e. The van der Waals surface area contributed by atoms with E-state index < -0.39 is 0 Å². The molecule has 1 fully saturated rings. The van der Waals surface area contributed by atoms with Crippen molar-refractivity contribution in [2.24, 2.45) is 0 Å². The largest absolute Gasteiger partial charge is 0.308 e. The first-order valence-electron chi connectivity index (χ1n) is 5.27. The summed E-state index contributed by atoms with van der Waals surface area (Å²) in [6.07, 6.45) is 6.21. The fourth-order valence-electron chi connectivity index (χ4n) is 1.67. The van der Waals surface area contributed by atoms with E-state index in [1.165, 1.54) is 6.20 Å². The molecule has 0 aromatic carbocycles. The quantitative estimate of drug-likeness (QED) is 0.860. The Hall–Kier alpha value is -1.01. The molecule has 1 aromatic heterocycles. The van der Waals surface area contributed by atoms with Crippen LogP contribution in [0.25, 0.3) is 0 Å². The second-order valence-corrected chi connectivity index (χ2v) is 4.53. The summed E-state index contributed by atoms with van der Waals surface area (Å²) in [4.78, 5) is 19.8. The van der Waals surface area contributed by atoms with Crippen LogP contribution in [0, 0.1) is 0 Å². The predicted molar refractivity (Wildman–Crippen MR) is 64.0 cm³/mol. The zero-order chi connectivity index (χ0) is 11.4. The number of rotatable bonds is 2. The molecule has 1 aliphatic heterocycles. The lowest BCUT2D eigenvalue weighted by atomic mass is 10.0. The number of nitrogens with zero attached hydrogens (tertiary/aromatic N) is 2. The fourth-order valence-corrected chi connectivity index (χ4v) is 1.87. The van der Waals surface area contributed by atoms with Crippen LogP contribution in [-0.2, 0) is 4.79 Å². The van der Waals surface area contributed by atoms with Crippen molar-refractivity contribution in [3.63, 3.8) is 0 Å². The first-order chi connectivity index (χ1) is 7.75. The summed E-state index contributed by atoms with van der Waals surface area (Å²) in [5.41, 5.74) is 0. The topological polar surface area (TPSA) is 66.9 Å². The normalized spacial score (nSPS) is 20.4. The van der Waals surface area contributed by atoms with Crippen LogP contribution in [0.5, 0.6) is 0 Å². The maximum atomic E-state index is 11.8. The van der Waals surface area contributed by atoms with Gasteiger partial charge >= 0.3 is 0 Å². The van der Waals surface area contributed by atoms with E-state index in [9.17, 15) is 4.79 Å². The van der Waals surface area contributed by atoms with Gasteiger partial charge in [-0.3, -0.25) is 4.79 Å². The lowest BCUT2D eigenvalue weighted by Gasteiger charge is -2.22. The van der Waals surface area contributed by atoms with Crippen molar-refractivity contribution in [1.29, 1.82) is 0 Å². The molecule has 2 rings (SSSR count). The highest BCUT2D eigenvalue weighted by Gasteiger charge is 2.20. The van der Waals surface area contributed by atoms with E-state index in [1.807, 2.05) is 0 Å². The summed E-state index contributed by atoms with van der Waals surface area (Å²) < 4.78 is 0.654. The average molecular weight is 285 g/mol. The monoisotopic (exact) mass is 284 g/mol. The van der Waals surface area contributed by atoms with E-state index in [2.05, 4.69) is 36.5 Å². The zero-order valence-electron chi connectivity index (χ0n) is 8.74. The molecule has 0 saturated carbocycles. The van der Waals surface area contributed by atoms with Crippen molar-refractivity contribution >= 4 is 27.7 Å². The Labute approximate surface area is 102 Å². The van der Waals surface area contributed by atoms with Gasteiger partial charge in [-0.2, -0.15) is 0 Å². The minimum atomic E-state index is -0.0980. The molecule has 0 unspecified atom stereocenters. The summed E-state index contributed by atoms with van der Waals surface area (Å²) in [6.45, 7) is 0.907. The fraction of sp³-hybridized carbons (Fsp3) is 0.500. The van der Waals surface area contributed by atoms with Crippen LogP contribution in [0.1, 0.15) is 19.3 Å². The van der Waals surface area contributed by atoms with Crippen LogP contribution >= 0.6 is 15.9 Å². The van der Waals surface area contributed by atoms with Crippen LogP contribution in [0.3, 0.4) is 0 Å². The Kier molecular flexibility index (Phi) is 3.84. The third kappa shape index (κ3) is 2.99. The molecule has 5 nitrogen and oxygen atoms in total. The van der Waals surface area contributed by atoms with Crippen molar-refractivity contribution in [3.8, 4) is 0 Å². The molecule has 2 N–H and O–H groups in total. The molecule has 86 valence electrons. The second-order valence-electron chi connectivity index (χ2n) is 3.72. The van der Waals surface area contributed by atoms with E-state index in [0.29, 0.717) is 10.4 Å². The summed E-state index contributed by atoms with van der Waals surface area (Å²) >= 11 is 3.19. The van der Waals surface area contributed by atoms with E-state index in [4.69, 9.17) is 0 Å². The van der Waals surface area contributed by atoms with Crippen molar-refractivity contribution < 1.29 is 4.79 Å². The van der Waals surface area contributed by atoms with Gasteiger partial charge in [0.2, 0.25) is 5.91 Å². The number of amides is 1. The molecule has 1 atom stereocenters. The number of anilines is 1.